The second kappa shape index (κ2) is 8.00. The molecular weight excluding hydrogens is 352 g/mol. The first-order valence-electron chi connectivity index (χ1n) is 8.99. The van der Waals surface area contributed by atoms with Gasteiger partial charge >= 0.3 is 5.91 Å². The summed E-state index contributed by atoms with van der Waals surface area (Å²) in [4.78, 5) is 32.3. The third-order valence-corrected chi connectivity index (χ3v) is 4.14. The average Bonchev–Trinajstić information content (AvgIpc) is 2.60. The number of aromatic amines is 1. The number of anilines is 2. The minimum atomic E-state index is -0.271. The van der Waals surface area contributed by atoms with Crippen molar-refractivity contribution in [2.75, 3.05) is 10.6 Å². The number of aryl methyl sites for hydroxylation is 4. The molecule has 2 heterocycles. The zero-order chi connectivity index (χ0) is 20.3. The lowest BCUT2D eigenvalue weighted by Gasteiger charge is -2.07. The number of amides is 2. The third-order valence-electron chi connectivity index (χ3n) is 4.14. The first-order valence-corrected chi connectivity index (χ1v) is 8.99. The summed E-state index contributed by atoms with van der Waals surface area (Å²) in [6.07, 6.45) is 0. The van der Waals surface area contributed by atoms with E-state index in [0.717, 1.165) is 22.5 Å². The van der Waals surface area contributed by atoms with Crippen molar-refractivity contribution in [1.29, 1.82) is 0 Å². The van der Waals surface area contributed by atoms with Crippen molar-refractivity contribution in [1.82, 2.24) is 4.98 Å². The third kappa shape index (κ3) is 4.79. The van der Waals surface area contributed by atoms with Crippen LogP contribution in [0.4, 0.5) is 11.6 Å². The molecule has 2 aromatic heterocycles. The monoisotopic (exact) mass is 375 g/mol. The standard InChI is InChI=1S/C22H22N4O2/c1-13-9-15(3)23-19(11-13)25-21(27)17-5-7-18(8-6-17)22(28)26-20-12-14(2)10-16(4)24-20/h5-12H,1-4H3,(H,23,25,27)(H,24,26,28)/p+1. The smallest absolute Gasteiger partial charge is 0.307 e. The van der Waals surface area contributed by atoms with Crippen LogP contribution in [-0.2, 0) is 0 Å². The van der Waals surface area contributed by atoms with Gasteiger partial charge < -0.3 is 5.32 Å². The molecule has 2 amide bonds. The largest absolute Gasteiger partial charge is 0.339 e. The maximum atomic E-state index is 12.4. The summed E-state index contributed by atoms with van der Waals surface area (Å²) in [6, 6.07) is 14.1. The predicted molar refractivity (Wildman–Crippen MR) is 109 cm³/mol. The molecule has 142 valence electrons. The van der Waals surface area contributed by atoms with Crippen molar-refractivity contribution in [3.63, 3.8) is 0 Å². The minimum absolute atomic E-state index is 0.246. The van der Waals surface area contributed by atoms with Gasteiger partial charge in [0.25, 0.3) is 11.7 Å². The molecule has 3 aromatic rings. The molecule has 0 saturated heterocycles. The first kappa shape index (κ1) is 19.2. The number of nitrogens with zero attached hydrogens (tertiary/aromatic N) is 1. The van der Waals surface area contributed by atoms with Crippen LogP contribution in [-0.4, -0.2) is 16.8 Å². The van der Waals surface area contributed by atoms with Gasteiger partial charge in [-0.15, -0.1) is 0 Å². The van der Waals surface area contributed by atoms with Crippen molar-refractivity contribution in [3.8, 4) is 0 Å². The number of carbonyl (C=O) groups is 2. The molecular formula is C22H23N4O2+. The van der Waals surface area contributed by atoms with E-state index in [-0.39, 0.29) is 11.8 Å². The second-order valence-electron chi connectivity index (χ2n) is 6.91. The van der Waals surface area contributed by atoms with Crippen LogP contribution in [0, 0.1) is 27.7 Å². The highest BCUT2D eigenvalue weighted by atomic mass is 16.2. The Labute approximate surface area is 164 Å². The number of rotatable bonds is 4. The number of nitrogens with one attached hydrogen (secondary N) is 3. The van der Waals surface area contributed by atoms with Gasteiger partial charge in [0.2, 0.25) is 0 Å². The van der Waals surface area contributed by atoms with Crippen LogP contribution in [0.2, 0.25) is 0 Å². The van der Waals surface area contributed by atoms with Crippen molar-refractivity contribution < 1.29 is 14.6 Å². The Morgan fingerprint density at radius 3 is 1.93 bits per heavy atom. The lowest BCUT2D eigenvalue weighted by atomic mass is 10.1. The fourth-order valence-electron chi connectivity index (χ4n) is 3.02. The number of H-pyrrole nitrogens is 1. The van der Waals surface area contributed by atoms with Crippen molar-refractivity contribution >= 4 is 23.5 Å². The van der Waals surface area contributed by atoms with E-state index < -0.39 is 0 Å². The quantitative estimate of drug-likeness (QED) is 0.730. The molecule has 0 bridgehead atoms. The number of benzene rings is 1. The molecule has 0 spiro atoms. The Bertz CT molecular complexity index is 918. The molecule has 0 fully saturated rings. The Kier molecular flexibility index (Phi) is 5.49. The van der Waals surface area contributed by atoms with E-state index in [4.69, 9.17) is 0 Å². The number of carbonyl (C=O) groups excluding carboxylic acids is 2. The summed E-state index contributed by atoms with van der Waals surface area (Å²) in [5.41, 5.74) is 4.80. The van der Waals surface area contributed by atoms with Crippen LogP contribution in [0.5, 0.6) is 0 Å². The summed E-state index contributed by atoms with van der Waals surface area (Å²) < 4.78 is 0. The fourth-order valence-corrected chi connectivity index (χ4v) is 3.02. The molecule has 3 rings (SSSR count). The summed E-state index contributed by atoms with van der Waals surface area (Å²) >= 11 is 0. The lowest BCUT2D eigenvalue weighted by molar-refractivity contribution is -0.370. The zero-order valence-corrected chi connectivity index (χ0v) is 16.4. The van der Waals surface area contributed by atoms with Gasteiger partial charge in [-0.3, -0.25) is 4.79 Å². The molecule has 6 heteroatoms. The molecule has 0 saturated carbocycles. The summed E-state index contributed by atoms with van der Waals surface area (Å²) in [6.45, 7) is 7.73. The molecule has 0 atom stereocenters. The van der Waals surface area contributed by atoms with Crippen LogP contribution < -0.4 is 15.6 Å². The summed E-state index contributed by atoms with van der Waals surface area (Å²) in [5.74, 6) is 0.621. The van der Waals surface area contributed by atoms with Crippen molar-refractivity contribution in [3.05, 3.63) is 82.2 Å². The van der Waals surface area contributed by atoms with Gasteiger partial charge in [0, 0.05) is 17.3 Å². The van der Waals surface area contributed by atoms with Crippen molar-refractivity contribution in [2.24, 2.45) is 0 Å². The predicted octanol–water partition coefficient (Wildman–Crippen LogP) is 3.63. The Balaban J connectivity index is 1.69. The molecule has 6 nitrogen and oxygen atoms in total. The van der Waals surface area contributed by atoms with E-state index in [1.54, 1.807) is 24.3 Å². The van der Waals surface area contributed by atoms with Crippen molar-refractivity contribution in [2.45, 2.75) is 27.7 Å². The van der Waals surface area contributed by atoms with E-state index in [2.05, 4.69) is 20.6 Å². The number of pyridine rings is 2. The second-order valence-corrected chi connectivity index (χ2v) is 6.91. The van der Waals surface area contributed by atoms with E-state index in [9.17, 15) is 9.59 Å². The van der Waals surface area contributed by atoms with Crippen LogP contribution in [0.1, 0.15) is 43.2 Å². The Morgan fingerprint density at radius 1 is 0.786 bits per heavy atom. The van der Waals surface area contributed by atoms with E-state index in [1.807, 2.05) is 52.0 Å². The molecule has 0 unspecified atom stereocenters. The number of hydrogen-bond acceptors (Lipinski definition) is 3. The normalized spacial score (nSPS) is 10.4. The molecule has 1 aromatic carbocycles. The maximum absolute atomic E-state index is 12.4. The van der Waals surface area contributed by atoms with E-state index in [0.29, 0.717) is 22.8 Å². The molecule has 0 aliphatic rings. The zero-order valence-electron chi connectivity index (χ0n) is 16.4. The average molecular weight is 375 g/mol. The summed E-state index contributed by atoms with van der Waals surface area (Å²) in [7, 11) is 0. The Hall–Kier alpha value is -3.54. The van der Waals surface area contributed by atoms with Gasteiger partial charge in [0.15, 0.2) is 0 Å². The topological polar surface area (TPSA) is 85.2 Å². The highest BCUT2D eigenvalue weighted by Crippen LogP contribution is 2.13. The number of hydrogen-bond donors (Lipinski definition) is 2. The van der Waals surface area contributed by atoms with Gasteiger partial charge in [-0.1, -0.05) is 0 Å². The van der Waals surface area contributed by atoms with E-state index in [1.165, 1.54) is 0 Å². The molecule has 0 aliphatic carbocycles. The highest BCUT2D eigenvalue weighted by molar-refractivity contribution is 6.06. The lowest BCUT2D eigenvalue weighted by Crippen LogP contribution is -2.21. The van der Waals surface area contributed by atoms with E-state index >= 15 is 0 Å². The molecule has 0 aliphatic heterocycles. The van der Waals surface area contributed by atoms with Crippen LogP contribution >= 0.6 is 0 Å². The van der Waals surface area contributed by atoms with Crippen LogP contribution in [0.25, 0.3) is 0 Å². The van der Waals surface area contributed by atoms with Gasteiger partial charge in [-0.2, -0.15) is 0 Å². The van der Waals surface area contributed by atoms with Crippen LogP contribution in [0.15, 0.2) is 48.5 Å². The maximum Gasteiger partial charge on any atom is 0.339 e. The van der Waals surface area contributed by atoms with Gasteiger partial charge in [0.05, 0.1) is 11.3 Å². The fraction of sp³-hybridized carbons (Fsp3) is 0.182. The molecule has 3 N–H and O–H groups in total. The Morgan fingerprint density at radius 2 is 1.36 bits per heavy atom. The van der Waals surface area contributed by atoms with Gasteiger partial charge in [-0.25, -0.2) is 20.1 Å². The summed E-state index contributed by atoms with van der Waals surface area (Å²) in [5, 5.41) is 5.62. The van der Waals surface area contributed by atoms with Gasteiger partial charge in [0.1, 0.15) is 5.82 Å². The first-order chi connectivity index (χ1) is 13.3. The van der Waals surface area contributed by atoms with Crippen LogP contribution in [0.3, 0.4) is 0 Å². The van der Waals surface area contributed by atoms with Gasteiger partial charge in [-0.05, 0) is 81.3 Å². The molecule has 0 radical (unpaired) electrons. The SMILES string of the molecule is Cc1cc(C)nc(NC(=O)c2ccc(C(=O)Nc3cc(C)cc(C)[nH+]3)cc2)c1. The number of aromatic nitrogens is 2. The highest BCUT2D eigenvalue weighted by Gasteiger charge is 2.15. The molecule has 28 heavy (non-hydrogen) atoms. The minimum Gasteiger partial charge on any atom is -0.307 e.